The predicted molar refractivity (Wildman–Crippen MR) is 160 cm³/mol. The first-order valence-electron chi connectivity index (χ1n) is 13.8. The van der Waals surface area contributed by atoms with E-state index in [4.69, 9.17) is 9.15 Å². The number of carbonyl (C=O) groups excluding carboxylic acids is 1. The molecule has 4 aromatic rings. The van der Waals surface area contributed by atoms with Crippen molar-refractivity contribution < 1.29 is 13.9 Å². The standard InChI is InChI=1S/C33H37N3O4/c1-23-29(37)25-13-10-14-26(31(25)40-30(23)24-11-6-5-7-12-24)32(38)34-21-33(2,3)22-35-17-19-36(20-18-35)27-15-8-9-16-28(27)39-4/h5-16H,17-22H2,1-4H3,(H,34,38). The summed E-state index contributed by atoms with van der Waals surface area (Å²) in [6.07, 6.45) is 0. The largest absolute Gasteiger partial charge is 0.495 e. The Balaban J connectivity index is 1.26. The number of para-hydroxylation sites is 3. The van der Waals surface area contributed by atoms with Gasteiger partial charge in [-0.3, -0.25) is 14.5 Å². The van der Waals surface area contributed by atoms with Crippen molar-refractivity contribution in [3.05, 3.63) is 94.1 Å². The Morgan fingerprint density at radius 2 is 1.65 bits per heavy atom. The van der Waals surface area contributed by atoms with Gasteiger partial charge in [0, 0.05) is 50.4 Å². The van der Waals surface area contributed by atoms with Crippen molar-refractivity contribution in [2.45, 2.75) is 20.8 Å². The van der Waals surface area contributed by atoms with E-state index in [-0.39, 0.29) is 16.8 Å². The highest BCUT2D eigenvalue weighted by atomic mass is 16.5. The first kappa shape index (κ1) is 27.5. The van der Waals surface area contributed by atoms with Crippen molar-refractivity contribution in [3.63, 3.8) is 0 Å². The van der Waals surface area contributed by atoms with Crippen molar-refractivity contribution in [1.82, 2.24) is 10.2 Å². The van der Waals surface area contributed by atoms with Crippen LogP contribution in [0.3, 0.4) is 0 Å². The summed E-state index contributed by atoms with van der Waals surface area (Å²) in [6.45, 7) is 11.2. The van der Waals surface area contributed by atoms with E-state index in [9.17, 15) is 9.59 Å². The Morgan fingerprint density at radius 3 is 2.38 bits per heavy atom. The van der Waals surface area contributed by atoms with Crippen molar-refractivity contribution >= 4 is 22.6 Å². The van der Waals surface area contributed by atoms with Gasteiger partial charge in [0.25, 0.3) is 5.91 Å². The second-order valence-electron chi connectivity index (χ2n) is 11.2. The van der Waals surface area contributed by atoms with Crippen LogP contribution in [0.25, 0.3) is 22.3 Å². The number of nitrogens with zero attached hydrogens (tertiary/aromatic N) is 2. The molecule has 1 aliphatic heterocycles. The Bertz CT molecular complexity index is 1550. The lowest BCUT2D eigenvalue weighted by Crippen LogP contribution is -2.51. The molecule has 0 bridgehead atoms. The fraction of sp³-hybridized carbons (Fsp3) is 0.333. The van der Waals surface area contributed by atoms with E-state index >= 15 is 0 Å². The van der Waals surface area contributed by atoms with Gasteiger partial charge in [0.1, 0.15) is 11.5 Å². The van der Waals surface area contributed by atoms with Gasteiger partial charge >= 0.3 is 0 Å². The molecule has 1 fully saturated rings. The Labute approximate surface area is 235 Å². The minimum Gasteiger partial charge on any atom is -0.495 e. The summed E-state index contributed by atoms with van der Waals surface area (Å²) in [7, 11) is 1.71. The van der Waals surface area contributed by atoms with Gasteiger partial charge in [0.05, 0.1) is 23.7 Å². The summed E-state index contributed by atoms with van der Waals surface area (Å²) in [6, 6.07) is 22.8. The van der Waals surface area contributed by atoms with Crippen LogP contribution in [-0.4, -0.2) is 57.2 Å². The van der Waals surface area contributed by atoms with E-state index in [2.05, 4.69) is 35.0 Å². The number of methoxy groups -OCH3 is 1. The molecule has 1 N–H and O–H groups in total. The van der Waals surface area contributed by atoms with Crippen molar-refractivity contribution in [1.29, 1.82) is 0 Å². The number of hydrogen-bond acceptors (Lipinski definition) is 6. The molecule has 1 saturated heterocycles. The van der Waals surface area contributed by atoms with Crippen LogP contribution >= 0.6 is 0 Å². The van der Waals surface area contributed by atoms with Gasteiger partial charge in [0.15, 0.2) is 11.0 Å². The number of piperazine rings is 1. The monoisotopic (exact) mass is 539 g/mol. The molecular weight excluding hydrogens is 502 g/mol. The highest BCUT2D eigenvalue weighted by molar-refractivity contribution is 6.05. The maximum Gasteiger partial charge on any atom is 0.255 e. The number of anilines is 1. The molecule has 1 amide bonds. The zero-order valence-electron chi connectivity index (χ0n) is 23.7. The second-order valence-corrected chi connectivity index (χ2v) is 11.2. The summed E-state index contributed by atoms with van der Waals surface area (Å²) in [5.74, 6) is 1.14. The molecule has 7 heteroatoms. The fourth-order valence-electron chi connectivity index (χ4n) is 5.47. The third kappa shape index (κ3) is 5.75. The van der Waals surface area contributed by atoms with Crippen LogP contribution in [0.2, 0.25) is 0 Å². The van der Waals surface area contributed by atoms with Crippen molar-refractivity contribution in [3.8, 4) is 17.1 Å². The molecule has 0 aliphatic carbocycles. The van der Waals surface area contributed by atoms with E-state index in [0.717, 1.165) is 49.7 Å². The molecule has 208 valence electrons. The third-order valence-corrected chi connectivity index (χ3v) is 7.60. The molecule has 0 atom stereocenters. The third-order valence-electron chi connectivity index (χ3n) is 7.60. The fourth-order valence-corrected chi connectivity index (χ4v) is 5.47. The van der Waals surface area contributed by atoms with Crippen LogP contribution in [0, 0.1) is 12.3 Å². The Morgan fingerprint density at radius 1 is 0.950 bits per heavy atom. The van der Waals surface area contributed by atoms with Crippen molar-refractivity contribution in [2.24, 2.45) is 5.41 Å². The van der Waals surface area contributed by atoms with Gasteiger partial charge in [-0.2, -0.15) is 0 Å². The van der Waals surface area contributed by atoms with Gasteiger partial charge in [-0.05, 0) is 36.6 Å². The van der Waals surface area contributed by atoms with Crippen LogP contribution in [0.4, 0.5) is 5.69 Å². The zero-order valence-corrected chi connectivity index (χ0v) is 23.7. The molecule has 7 nitrogen and oxygen atoms in total. The molecular formula is C33H37N3O4. The molecule has 0 unspecified atom stereocenters. The van der Waals surface area contributed by atoms with Crippen LogP contribution in [-0.2, 0) is 0 Å². The normalized spacial score (nSPS) is 14.3. The Kier molecular flexibility index (Phi) is 7.94. The average molecular weight is 540 g/mol. The summed E-state index contributed by atoms with van der Waals surface area (Å²) in [5.41, 5.74) is 2.88. The minimum absolute atomic E-state index is 0.123. The maximum atomic E-state index is 13.4. The quantitative estimate of drug-likeness (QED) is 0.325. The van der Waals surface area contributed by atoms with Gasteiger partial charge in [-0.25, -0.2) is 0 Å². The molecule has 2 heterocycles. The van der Waals surface area contributed by atoms with Crippen LogP contribution in [0.15, 0.2) is 82.0 Å². The smallest absolute Gasteiger partial charge is 0.255 e. The molecule has 0 saturated carbocycles. The molecule has 0 spiro atoms. The topological polar surface area (TPSA) is 75.0 Å². The van der Waals surface area contributed by atoms with Crippen LogP contribution < -0.4 is 20.4 Å². The lowest BCUT2D eigenvalue weighted by molar-refractivity contribution is 0.0920. The lowest BCUT2D eigenvalue weighted by Gasteiger charge is -2.40. The number of hydrogen-bond donors (Lipinski definition) is 1. The van der Waals surface area contributed by atoms with E-state index in [0.29, 0.717) is 34.4 Å². The maximum absolute atomic E-state index is 13.4. The first-order chi connectivity index (χ1) is 19.3. The molecule has 5 rings (SSSR count). The predicted octanol–water partition coefficient (Wildman–Crippen LogP) is 5.36. The summed E-state index contributed by atoms with van der Waals surface area (Å²) in [5, 5.41) is 3.52. The number of amides is 1. The Hall–Kier alpha value is -4.10. The van der Waals surface area contributed by atoms with Gasteiger partial charge in [0.2, 0.25) is 0 Å². The second kappa shape index (κ2) is 11.6. The summed E-state index contributed by atoms with van der Waals surface area (Å²) >= 11 is 0. The lowest BCUT2D eigenvalue weighted by atomic mass is 9.92. The van der Waals surface area contributed by atoms with E-state index in [1.165, 1.54) is 0 Å². The molecule has 0 radical (unpaired) electrons. The van der Waals surface area contributed by atoms with E-state index in [1.54, 1.807) is 32.2 Å². The van der Waals surface area contributed by atoms with E-state index < -0.39 is 0 Å². The van der Waals surface area contributed by atoms with Gasteiger partial charge in [-0.1, -0.05) is 62.4 Å². The number of carbonyl (C=O) groups is 1. The number of rotatable bonds is 8. The number of nitrogens with one attached hydrogen (secondary N) is 1. The minimum atomic E-state index is -0.245. The number of fused-ring (bicyclic) bond motifs is 1. The highest BCUT2D eigenvalue weighted by Gasteiger charge is 2.27. The summed E-state index contributed by atoms with van der Waals surface area (Å²) < 4.78 is 11.8. The average Bonchev–Trinajstić information content (AvgIpc) is 2.98. The number of ether oxygens (including phenoxy) is 1. The number of benzene rings is 3. The molecule has 1 aliphatic rings. The van der Waals surface area contributed by atoms with E-state index in [1.807, 2.05) is 48.5 Å². The van der Waals surface area contributed by atoms with Crippen LogP contribution in [0.1, 0.15) is 29.8 Å². The van der Waals surface area contributed by atoms with Gasteiger partial charge < -0.3 is 19.4 Å². The van der Waals surface area contributed by atoms with Gasteiger partial charge in [-0.15, -0.1) is 0 Å². The SMILES string of the molecule is COc1ccccc1N1CCN(CC(C)(C)CNC(=O)c2cccc3c(=O)c(C)c(-c4ccccc4)oc23)CC1. The molecule has 3 aromatic carbocycles. The van der Waals surface area contributed by atoms with Crippen LogP contribution in [0.5, 0.6) is 5.75 Å². The van der Waals surface area contributed by atoms with Crippen molar-refractivity contribution in [2.75, 3.05) is 51.3 Å². The zero-order chi connectivity index (χ0) is 28.3. The molecule has 40 heavy (non-hydrogen) atoms. The molecule has 1 aromatic heterocycles. The highest BCUT2D eigenvalue weighted by Crippen LogP contribution is 2.30. The first-order valence-corrected chi connectivity index (χ1v) is 13.8. The summed E-state index contributed by atoms with van der Waals surface area (Å²) in [4.78, 5) is 31.4.